The average molecular weight is 483 g/mol. The zero-order chi connectivity index (χ0) is 21.0. The highest BCUT2D eigenvalue weighted by Crippen LogP contribution is 2.38. The zero-order valence-electron chi connectivity index (χ0n) is 16.9. The second-order valence-electron chi connectivity index (χ2n) is 7.14. The van der Waals surface area contributed by atoms with E-state index in [4.69, 9.17) is 9.47 Å². The minimum absolute atomic E-state index is 0.157. The first-order valence-corrected chi connectivity index (χ1v) is 11.9. The van der Waals surface area contributed by atoms with Crippen LogP contribution in [-0.4, -0.2) is 35.2 Å². The van der Waals surface area contributed by atoms with Gasteiger partial charge in [-0.1, -0.05) is 31.9 Å². The Labute approximate surface area is 181 Å². The van der Waals surface area contributed by atoms with Gasteiger partial charge in [0, 0.05) is 25.2 Å². The fourth-order valence-electron chi connectivity index (χ4n) is 3.53. The molecule has 1 heterocycles. The van der Waals surface area contributed by atoms with E-state index in [1.807, 2.05) is 30.3 Å². The summed E-state index contributed by atoms with van der Waals surface area (Å²) in [7, 11) is -0.487. The Morgan fingerprint density at radius 3 is 2.52 bits per heavy atom. The van der Waals surface area contributed by atoms with Crippen molar-refractivity contribution in [2.45, 2.75) is 43.7 Å². The van der Waals surface area contributed by atoms with Crippen LogP contribution in [0.1, 0.15) is 31.7 Å². The maximum Gasteiger partial charge on any atom is 0.243 e. The molecule has 1 N–H and O–H groups in total. The van der Waals surface area contributed by atoms with Crippen LogP contribution in [0.2, 0.25) is 0 Å². The normalized spacial score (nSPS) is 18.1. The number of nitrogens with zero attached hydrogens (tertiary/aromatic N) is 1. The van der Waals surface area contributed by atoms with Gasteiger partial charge in [-0.05, 0) is 46.1 Å². The minimum atomic E-state index is -3.66. The van der Waals surface area contributed by atoms with E-state index in [2.05, 4.69) is 32.5 Å². The Balaban J connectivity index is 2.04. The van der Waals surface area contributed by atoms with Crippen LogP contribution in [0.15, 0.2) is 45.8 Å². The largest absolute Gasteiger partial charge is 0.497 e. The maximum atomic E-state index is 13.1. The van der Waals surface area contributed by atoms with Crippen molar-refractivity contribution in [2.24, 2.45) is 0 Å². The molecule has 8 heteroatoms. The van der Waals surface area contributed by atoms with E-state index in [9.17, 15) is 8.42 Å². The molecule has 0 amide bonds. The van der Waals surface area contributed by atoms with Crippen molar-refractivity contribution in [1.29, 1.82) is 0 Å². The van der Waals surface area contributed by atoms with Crippen molar-refractivity contribution in [3.8, 4) is 11.5 Å². The molecular weight excluding hydrogens is 456 g/mol. The monoisotopic (exact) mass is 482 g/mol. The van der Waals surface area contributed by atoms with Gasteiger partial charge in [0.15, 0.2) is 0 Å². The third kappa shape index (κ3) is 5.05. The summed E-state index contributed by atoms with van der Waals surface area (Å²) in [6.07, 6.45) is 2.77. The molecule has 2 aromatic rings. The van der Waals surface area contributed by atoms with Gasteiger partial charge in [-0.2, -0.15) is 0 Å². The maximum absolute atomic E-state index is 13.1. The Morgan fingerprint density at radius 2 is 1.90 bits per heavy atom. The van der Waals surface area contributed by atoms with Crippen LogP contribution in [0.25, 0.3) is 0 Å². The molecule has 0 spiro atoms. The molecule has 0 saturated heterocycles. The smallest absolute Gasteiger partial charge is 0.243 e. The SMILES string of the molecule is CCCC[C@@H]1CN(Cc2ccc(OC)cc2)c2cc(Br)c(OC)cc2S(=O)(=O)N1. The number of nitrogens with one attached hydrogen (secondary N) is 1. The molecule has 158 valence electrons. The van der Waals surface area contributed by atoms with Gasteiger partial charge in [0.2, 0.25) is 10.0 Å². The summed E-state index contributed by atoms with van der Waals surface area (Å²) >= 11 is 3.50. The van der Waals surface area contributed by atoms with Crippen molar-refractivity contribution in [3.63, 3.8) is 0 Å². The first-order valence-electron chi connectivity index (χ1n) is 9.65. The molecule has 0 aromatic heterocycles. The van der Waals surface area contributed by atoms with Gasteiger partial charge < -0.3 is 14.4 Å². The molecule has 0 radical (unpaired) electrons. The number of fused-ring (bicyclic) bond motifs is 1. The van der Waals surface area contributed by atoms with Crippen LogP contribution in [0.4, 0.5) is 5.69 Å². The fourth-order valence-corrected chi connectivity index (χ4v) is 5.51. The van der Waals surface area contributed by atoms with E-state index in [0.29, 0.717) is 24.5 Å². The summed E-state index contributed by atoms with van der Waals surface area (Å²) in [5.41, 5.74) is 1.75. The lowest BCUT2D eigenvalue weighted by Gasteiger charge is -2.27. The topological polar surface area (TPSA) is 67.9 Å². The predicted octanol–water partition coefficient (Wildman–Crippen LogP) is 4.32. The van der Waals surface area contributed by atoms with Gasteiger partial charge >= 0.3 is 0 Å². The molecule has 0 fully saturated rings. The Morgan fingerprint density at radius 1 is 1.17 bits per heavy atom. The zero-order valence-corrected chi connectivity index (χ0v) is 19.3. The van der Waals surface area contributed by atoms with Gasteiger partial charge in [-0.3, -0.25) is 0 Å². The number of sulfonamides is 1. The van der Waals surface area contributed by atoms with E-state index in [0.717, 1.165) is 35.0 Å². The highest BCUT2D eigenvalue weighted by molar-refractivity contribution is 9.10. The summed E-state index contributed by atoms with van der Waals surface area (Å²) in [6, 6.07) is 11.1. The second kappa shape index (κ2) is 9.36. The molecule has 3 rings (SSSR count). The van der Waals surface area contributed by atoms with Crippen LogP contribution in [-0.2, 0) is 16.6 Å². The number of benzene rings is 2. The van der Waals surface area contributed by atoms with Gasteiger partial charge in [0.1, 0.15) is 16.4 Å². The molecule has 6 nitrogen and oxygen atoms in total. The summed E-state index contributed by atoms with van der Waals surface area (Å²) in [4.78, 5) is 2.37. The Hall–Kier alpha value is -1.77. The number of hydrogen-bond acceptors (Lipinski definition) is 5. The Kier molecular flexibility index (Phi) is 7.08. The average Bonchev–Trinajstić information content (AvgIpc) is 2.80. The van der Waals surface area contributed by atoms with E-state index >= 15 is 0 Å². The van der Waals surface area contributed by atoms with Crippen LogP contribution < -0.4 is 19.1 Å². The van der Waals surface area contributed by atoms with Crippen LogP contribution >= 0.6 is 15.9 Å². The van der Waals surface area contributed by atoms with E-state index in [1.165, 1.54) is 7.11 Å². The third-order valence-corrected chi connectivity index (χ3v) is 7.23. The van der Waals surface area contributed by atoms with Gasteiger partial charge in [0.25, 0.3) is 0 Å². The van der Waals surface area contributed by atoms with Crippen molar-refractivity contribution in [2.75, 3.05) is 25.7 Å². The van der Waals surface area contributed by atoms with Crippen molar-refractivity contribution in [3.05, 3.63) is 46.4 Å². The first-order chi connectivity index (χ1) is 13.9. The molecule has 29 heavy (non-hydrogen) atoms. The lowest BCUT2D eigenvalue weighted by Crippen LogP contribution is -2.40. The summed E-state index contributed by atoms with van der Waals surface area (Å²) < 4.78 is 40.4. The lowest BCUT2D eigenvalue weighted by atomic mass is 10.1. The highest BCUT2D eigenvalue weighted by Gasteiger charge is 2.32. The van der Waals surface area contributed by atoms with Gasteiger partial charge in [-0.25, -0.2) is 13.1 Å². The molecule has 0 aliphatic carbocycles. The number of rotatable bonds is 7. The standard InChI is InChI=1S/C21H27BrN2O4S/c1-4-5-6-16-14-24(13-15-7-9-17(27-2)10-8-15)19-11-18(22)20(28-3)12-21(19)29(25,26)23-16/h7-12,16,23H,4-6,13-14H2,1-3H3/t16-/m1/s1. The molecule has 0 unspecified atom stereocenters. The second-order valence-corrected chi connectivity index (χ2v) is 9.68. The first kappa shape index (κ1) is 21.9. The number of ether oxygens (including phenoxy) is 2. The van der Waals surface area contributed by atoms with Crippen molar-refractivity contribution < 1.29 is 17.9 Å². The molecule has 0 saturated carbocycles. The highest BCUT2D eigenvalue weighted by atomic mass is 79.9. The molecule has 2 aromatic carbocycles. The minimum Gasteiger partial charge on any atom is -0.497 e. The summed E-state index contributed by atoms with van der Waals surface area (Å²) in [5, 5.41) is 0. The van der Waals surface area contributed by atoms with Crippen LogP contribution in [0.5, 0.6) is 11.5 Å². The van der Waals surface area contributed by atoms with Crippen LogP contribution in [0, 0.1) is 0 Å². The Bertz CT molecular complexity index is 948. The lowest BCUT2D eigenvalue weighted by molar-refractivity contribution is 0.410. The molecular formula is C21H27BrN2O4S. The predicted molar refractivity (Wildman–Crippen MR) is 118 cm³/mol. The van der Waals surface area contributed by atoms with Crippen molar-refractivity contribution in [1.82, 2.24) is 4.72 Å². The number of unbranched alkanes of at least 4 members (excludes halogenated alkanes) is 1. The van der Waals surface area contributed by atoms with Gasteiger partial charge in [0.05, 0.1) is 24.4 Å². The quantitative estimate of drug-likeness (QED) is 0.636. The van der Waals surface area contributed by atoms with E-state index in [-0.39, 0.29) is 10.9 Å². The third-order valence-electron chi connectivity index (χ3n) is 5.06. The number of hydrogen-bond donors (Lipinski definition) is 1. The molecule has 0 bridgehead atoms. The van der Waals surface area contributed by atoms with Gasteiger partial charge in [-0.15, -0.1) is 0 Å². The van der Waals surface area contributed by atoms with E-state index < -0.39 is 10.0 Å². The fraction of sp³-hybridized carbons (Fsp3) is 0.429. The molecule has 1 aliphatic heterocycles. The molecule has 1 aliphatic rings. The molecule has 1 atom stereocenters. The number of anilines is 1. The van der Waals surface area contributed by atoms with E-state index in [1.54, 1.807) is 13.2 Å². The number of methoxy groups -OCH3 is 2. The number of halogens is 1. The summed E-state index contributed by atoms with van der Waals surface area (Å²) in [6.45, 7) is 3.30. The summed E-state index contributed by atoms with van der Waals surface area (Å²) in [5.74, 6) is 1.29. The van der Waals surface area contributed by atoms with Crippen LogP contribution in [0.3, 0.4) is 0 Å². The van der Waals surface area contributed by atoms with Crippen molar-refractivity contribution >= 4 is 31.6 Å².